The van der Waals surface area contributed by atoms with E-state index in [1.54, 1.807) is 31.1 Å². The van der Waals surface area contributed by atoms with Crippen molar-refractivity contribution < 1.29 is 23.9 Å². The molecule has 0 N–H and O–H groups in total. The molecule has 0 amide bonds. The van der Waals surface area contributed by atoms with Crippen molar-refractivity contribution in [2.45, 2.75) is 26.2 Å². The number of carbonyl (C=O) groups excluding carboxylic acids is 3. The van der Waals surface area contributed by atoms with E-state index >= 15 is 0 Å². The van der Waals surface area contributed by atoms with E-state index in [0.717, 1.165) is 0 Å². The predicted molar refractivity (Wildman–Crippen MR) is 72.1 cm³/mol. The van der Waals surface area contributed by atoms with Crippen molar-refractivity contribution in [2.75, 3.05) is 6.61 Å². The molecule has 0 atom stereocenters. The molecule has 0 radical (unpaired) electrons. The van der Waals surface area contributed by atoms with Crippen LogP contribution in [0.25, 0.3) is 0 Å². The van der Waals surface area contributed by atoms with Gasteiger partial charge in [0.15, 0.2) is 0 Å². The number of ether oxygens (including phenoxy) is 2. The average molecular weight is 276 g/mol. The van der Waals surface area contributed by atoms with Gasteiger partial charge in [-0.15, -0.1) is 0 Å². The molecule has 0 aromatic carbocycles. The molecular formula is C15H16O5. The van der Waals surface area contributed by atoms with Crippen molar-refractivity contribution in [2.24, 2.45) is 0 Å². The molecule has 1 aliphatic rings. The topological polar surface area (TPSA) is 69.7 Å². The van der Waals surface area contributed by atoms with Gasteiger partial charge in [0.05, 0.1) is 6.61 Å². The third kappa shape index (κ3) is 5.50. The number of allylic oxidation sites excluding steroid dienone is 4. The highest BCUT2D eigenvalue weighted by molar-refractivity contribution is 5.86. The summed E-state index contributed by atoms with van der Waals surface area (Å²) in [6.45, 7) is 5.15. The zero-order valence-corrected chi connectivity index (χ0v) is 11.3. The normalized spacial score (nSPS) is 13.2. The smallest absolute Gasteiger partial charge is 0.333 e. The molecule has 0 aromatic heterocycles. The quantitative estimate of drug-likeness (QED) is 0.321. The summed E-state index contributed by atoms with van der Waals surface area (Å²) < 4.78 is 9.92. The van der Waals surface area contributed by atoms with Crippen LogP contribution in [0.15, 0.2) is 41.7 Å². The molecule has 1 rings (SSSR count). The SMILES string of the molecule is C=C(C)C(=O)OCCCC(=O)OC1=CCC(=C=O)C=C1. The second kappa shape index (κ2) is 7.92. The maximum absolute atomic E-state index is 11.5. The van der Waals surface area contributed by atoms with Gasteiger partial charge in [-0.25, -0.2) is 9.59 Å². The summed E-state index contributed by atoms with van der Waals surface area (Å²) >= 11 is 0. The molecule has 0 heterocycles. The van der Waals surface area contributed by atoms with Crippen molar-refractivity contribution in [1.82, 2.24) is 0 Å². The van der Waals surface area contributed by atoms with Crippen molar-refractivity contribution in [3.05, 3.63) is 41.7 Å². The van der Waals surface area contributed by atoms with E-state index < -0.39 is 11.9 Å². The summed E-state index contributed by atoms with van der Waals surface area (Å²) in [4.78, 5) is 32.9. The summed E-state index contributed by atoms with van der Waals surface area (Å²) in [6.07, 6.45) is 5.67. The lowest BCUT2D eigenvalue weighted by Crippen LogP contribution is -2.09. The monoisotopic (exact) mass is 276 g/mol. The average Bonchev–Trinajstić information content (AvgIpc) is 2.44. The van der Waals surface area contributed by atoms with E-state index in [0.29, 0.717) is 29.7 Å². The molecule has 5 nitrogen and oxygen atoms in total. The molecule has 0 aliphatic heterocycles. The van der Waals surface area contributed by atoms with Gasteiger partial charge >= 0.3 is 11.9 Å². The van der Waals surface area contributed by atoms with Crippen LogP contribution in [0.1, 0.15) is 26.2 Å². The van der Waals surface area contributed by atoms with Gasteiger partial charge in [0.25, 0.3) is 0 Å². The van der Waals surface area contributed by atoms with E-state index in [4.69, 9.17) is 9.47 Å². The van der Waals surface area contributed by atoms with E-state index in [9.17, 15) is 14.4 Å². The Morgan fingerprint density at radius 1 is 1.40 bits per heavy atom. The van der Waals surface area contributed by atoms with Crippen LogP contribution in [-0.2, 0) is 23.9 Å². The second-order valence-corrected chi connectivity index (χ2v) is 4.27. The Balaban J connectivity index is 2.23. The first-order valence-corrected chi connectivity index (χ1v) is 6.18. The van der Waals surface area contributed by atoms with E-state index in [1.807, 2.05) is 0 Å². The van der Waals surface area contributed by atoms with Crippen LogP contribution in [0.3, 0.4) is 0 Å². The first-order chi connectivity index (χ1) is 9.52. The predicted octanol–water partition coefficient (Wildman–Crippen LogP) is 2.03. The Kier molecular flexibility index (Phi) is 6.20. The second-order valence-electron chi connectivity index (χ2n) is 4.27. The molecule has 1 aliphatic carbocycles. The minimum atomic E-state index is -0.468. The summed E-state index contributed by atoms with van der Waals surface area (Å²) in [5.41, 5.74) is 0.834. The summed E-state index contributed by atoms with van der Waals surface area (Å²) in [6, 6.07) is 0. The Labute approximate surface area is 117 Å². The van der Waals surface area contributed by atoms with Gasteiger partial charge in [-0.2, -0.15) is 0 Å². The Morgan fingerprint density at radius 2 is 2.15 bits per heavy atom. The first kappa shape index (κ1) is 15.7. The molecule has 106 valence electrons. The number of rotatable bonds is 6. The third-order valence-corrected chi connectivity index (χ3v) is 2.44. The van der Waals surface area contributed by atoms with Crippen molar-refractivity contribution in [3.8, 4) is 0 Å². The maximum atomic E-state index is 11.5. The molecule has 0 unspecified atom stereocenters. The fourth-order valence-electron chi connectivity index (χ4n) is 1.37. The number of esters is 2. The Morgan fingerprint density at radius 3 is 2.70 bits per heavy atom. The van der Waals surface area contributed by atoms with Gasteiger partial charge in [-0.05, 0) is 31.6 Å². The van der Waals surface area contributed by atoms with Gasteiger partial charge < -0.3 is 9.47 Å². The van der Waals surface area contributed by atoms with Crippen molar-refractivity contribution in [3.63, 3.8) is 0 Å². The molecule has 0 saturated heterocycles. The number of hydrogen-bond acceptors (Lipinski definition) is 5. The molecule has 0 fully saturated rings. The molecule has 0 bridgehead atoms. The Bertz CT molecular complexity index is 518. The van der Waals surface area contributed by atoms with Crippen LogP contribution in [0, 0.1) is 0 Å². The number of hydrogen-bond donors (Lipinski definition) is 0. The van der Waals surface area contributed by atoms with Gasteiger partial charge in [0, 0.05) is 24.0 Å². The zero-order valence-electron chi connectivity index (χ0n) is 11.3. The highest BCUT2D eigenvalue weighted by Gasteiger charge is 2.09. The molecular weight excluding hydrogens is 260 g/mol. The van der Waals surface area contributed by atoms with E-state index in [1.165, 1.54) is 0 Å². The van der Waals surface area contributed by atoms with Crippen LogP contribution >= 0.6 is 0 Å². The Hall–Kier alpha value is -2.39. The third-order valence-electron chi connectivity index (χ3n) is 2.44. The van der Waals surface area contributed by atoms with E-state index in [2.05, 4.69) is 6.58 Å². The molecule has 20 heavy (non-hydrogen) atoms. The van der Waals surface area contributed by atoms with Crippen molar-refractivity contribution in [1.29, 1.82) is 0 Å². The van der Waals surface area contributed by atoms with E-state index in [-0.39, 0.29) is 13.0 Å². The van der Waals surface area contributed by atoms with Crippen LogP contribution in [0.4, 0.5) is 0 Å². The van der Waals surface area contributed by atoms with Gasteiger partial charge in [-0.1, -0.05) is 6.58 Å². The lowest BCUT2D eigenvalue weighted by molar-refractivity contribution is -0.142. The van der Waals surface area contributed by atoms with Gasteiger partial charge in [0.1, 0.15) is 11.7 Å². The van der Waals surface area contributed by atoms with Crippen LogP contribution in [-0.4, -0.2) is 24.5 Å². The summed E-state index contributed by atoms with van der Waals surface area (Å²) in [7, 11) is 0. The minimum Gasteiger partial charge on any atom is -0.462 e. The molecule has 0 aromatic rings. The molecule has 5 heteroatoms. The van der Waals surface area contributed by atoms with Crippen molar-refractivity contribution >= 4 is 17.9 Å². The maximum Gasteiger partial charge on any atom is 0.333 e. The summed E-state index contributed by atoms with van der Waals surface area (Å²) in [5.74, 6) is 1.31. The lowest BCUT2D eigenvalue weighted by Gasteiger charge is -2.08. The van der Waals surface area contributed by atoms with Crippen LogP contribution in [0.2, 0.25) is 0 Å². The van der Waals surface area contributed by atoms with Crippen LogP contribution in [0.5, 0.6) is 0 Å². The highest BCUT2D eigenvalue weighted by atomic mass is 16.5. The fraction of sp³-hybridized carbons (Fsp3) is 0.333. The minimum absolute atomic E-state index is 0.144. The molecule has 0 spiro atoms. The highest BCUT2D eigenvalue weighted by Crippen LogP contribution is 2.15. The van der Waals surface area contributed by atoms with Crippen LogP contribution < -0.4 is 0 Å². The number of carbonyl (C=O) groups is 2. The lowest BCUT2D eigenvalue weighted by atomic mass is 10.1. The van der Waals surface area contributed by atoms with Gasteiger partial charge in [0.2, 0.25) is 0 Å². The first-order valence-electron chi connectivity index (χ1n) is 6.18. The summed E-state index contributed by atoms with van der Waals surface area (Å²) in [5, 5.41) is 0. The fourth-order valence-corrected chi connectivity index (χ4v) is 1.37. The van der Waals surface area contributed by atoms with Gasteiger partial charge in [-0.3, -0.25) is 4.79 Å². The zero-order chi connectivity index (χ0) is 15.0. The standard InChI is InChI=1S/C15H16O5/c1-11(2)15(18)19-9-3-4-14(17)20-13-7-5-12(10-16)6-8-13/h5,7-8H,1,3-4,6,9H2,2H3. The largest absolute Gasteiger partial charge is 0.462 e. The molecule has 0 saturated carbocycles.